The number of hydrogen-bond acceptors (Lipinski definition) is 5. The summed E-state index contributed by atoms with van der Waals surface area (Å²) in [6, 6.07) is 0. The van der Waals surface area contributed by atoms with Crippen LogP contribution in [-0.2, 0) is 4.79 Å². The van der Waals surface area contributed by atoms with E-state index < -0.39 is 0 Å². The van der Waals surface area contributed by atoms with Crippen molar-refractivity contribution in [3.05, 3.63) is 36.5 Å². The molecule has 0 aliphatic carbocycles. The maximum Gasteiger partial charge on any atom is 0.173 e. The molecule has 1 rings (SSSR count). The summed E-state index contributed by atoms with van der Waals surface area (Å²) in [7, 11) is 0. The first kappa shape index (κ1) is 17.7. The highest BCUT2D eigenvalue weighted by Gasteiger charge is 2.26. The van der Waals surface area contributed by atoms with Gasteiger partial charge in [-0.05, 0) is 31.9 Å². The first-order chi connectivity index (χ1) is 10.2. The van der Waals surface area contributed by atoms with Crippen LogP contribution in [0.4, 0.5) is 0 Å². The van der Waals surface area contributed by atoms with Crippen LogP contribution in [0.15, 0.2) is 41.4 Å². The predicted molar refractivity (Wildman–Crippen MR) is 92.7 cm³/mol. The fraction of sp³-hybridized carbons (Fsp3) is 0.500. The van der Waals surface area contributed by atoms with Crippen molar-refractivity contribution in [2.45, 2.75) is 31.4 Å². The van der Waals surface area contributed by atoms with Crippen LogP contribution in [0.5, 0.6) is 0 Å². The minimum atomic E-state index is -0.0927. The molecule has 0 aromatic heterocycles. The van der Waals surface area contributed by atoms with Crippen LogP contribution in [0.25, 0.3) is 0 Å². The zero-order valence-electron chi connectivity index (χ0n) is 12.7. The van der Waals surface area contributed by atoms with Gasteiger partial charge in [0.25, 0.3) is 0 Å². The van der Waals surface area contributed by atoms with Gasteiger partial charge in [0.05, 0.1) is 11.8 Å². The van der Waals surface area contributed by atoms with E-state index in [4.69, 9.17) is 5.73 Å². The normalized spacial score (nSPS) is 18.9. The zero-order chi connectivity index (χ0) is 15.5. The Labute approximate surface area is 131 Å². The van der Waals surface area contributed by atoms with Gasteiger partial charge in [0, 0.05) is 6.54 Å². The number of hydrogen-bond donors (Lipinski definition) is 2. The molecule has 1 heterocycles. The van der Waals surface area contributed by atoms with Gasteiger partial charge >= 0.3 is 0 Å². The van der Waals surface area contributed by atoms with E-state index in [1.165, 1.54) is 11.8 Å². The third-order valence-corrected chi connectivity index (χ3v) is 4.23. The molecule has 0 spiro atoms. The highest BCUT2D eigenvalue weighted by Crippen LogP contribution is 2.23. The lowest BCUT2D eigenvalue weighted by Gasteiger charge is -2.08. The van der Waals surface area contributed by atoms with Gasteiger partial charge in [-0.3, -0.25) is 9.79 Å². The van der Waals surface area contributed by atoms with Crippen LogP contribution in [0.2, 0.25) is 0 Å². The molecule has 0 aromatic carbocycles. The number of allylic oxidation sites excluding steroid dienone is 5. The standard InChI is InChI=1S/C16H25N3OS/c1-3-4-6-9-13(2)15(20)14-12-19-16(21-14)18-11-8-5-7-10-17/h3-4,6,9,14H,1,5,7-8,10-12,17H2,2H3,(H,18,19)/b6-4-,13-9+. The maximum absolute atomic E-state index is 12.2. The minimum Gasteiger partial charge on any atom is -0.365 e. The summed E-state index contributed by atoms with van der Waals surface area (Å²) < 4.78 is 0. The van der Waals surface area contributed by atoms with Gasteiger partial charge in [-0.1, -0.05) is 49.1 Å². The Hall–Kier alpha value is -1.33. The van der Waals surface area contributed by atoms with Crippen molar-refractivity contribution < 1.29 is 4.79 Å². The number of rotatable bonds is 9. The maximum atomic E-state index is 12.2. The molecule has 0 saturated carbocycles. The summed E-state index contributed by atoms with van der Waals surface area (Å²) in [4.78, 5) is 16.6. The molecule has 0 bridgehead atoms. The van der Waals surface area contributed by atoms with Gasteiger partial charge in [-0.15, -0.1) is 0 Å². The number of nitrogens with two attached hydrogens (primary N) is 1. The van der Waals surface area contributed by atoms with Crippen molar-refractivity contribution >= 4 is 22.7 Å². The summed E-state index contributed by atoms with van der Waals surface area (Å²) in [5, 5.41) is 4.08. The Balaban J connectivity index is 2.32. The Morgan fingerprint density at radius 3 is 3.00 bits per heavy atom. The number of nitrogens with one attached hydrogen (secondary N) is 1. The number of amidine groups is 1. The van der Waals surface area contributed by atoms with Gasteiger partial charge in [0.1, 0.15) is 0 Å². The summed E-state index contributed by atoms with van der Waals surface area (Å²) in [5.41, 5.74) is 6.21. The van der Waals surface area contributed by atoms with Gasteiger partial charge in [0.2, 0.25) is 0 Å². The SMILES string of the molecule is C=C/C=C\C=C(/C)C(=O)C1CN=C(NCCCCCN)S1. The second-order valence-electron chi connectivity index (χ2n) is 4.86. The Morgan fingerprint density at radius 2 is 2.29 bits per heavy atom. The third-order valence-electron chi connectivity index (χ3n) is 3.09. The van der Waals surface area contributed by atoms with Gasteiger partial charge in [-0.25, -0.2) is 0 Å². The molecule has 1 aliphatic rings. The lowest BCUT2D eigenvalue weighted by Crippen LogP contribution is -2.23. The lowest BCUT2D eigenvalue weighted by atomic mass is 10.1. The molecule has 1 aliphatic heterocycles. The van der Waals surface area contributed by atoms with Gasteiger partial charge in [0.15, 0.2) is 11.0 Å². The van der Waals surface area contributed by atoms with Crippen molar-refractivity contribution in [1.29, 1.82) is 0 Å². The topological polar surface area (TPSA) is 67.5 Å². The molecule has 1 atom stereocenters. The summed E-state index contributed by atoms with van der Waals surface area (Å²) in [6.07, 6.45) is 10.4. The molecule has 1 unspecified atom stereocenters. The van der Waals surface area contributed by atoms with E-state index in [-0.39, 0.29) is 11.0 Å². The number of ketones is 1. The smallest absolute Gasteiger partial charge is 0.173 e. The third kappa shape index (κ3) is 6.78. The van der Waals surface area contributed by atoms with Crippen molar-refractivity contribution in [3.8, 4) is 0 Å². The number of aliphatic imine (C=N–C) groups is 1. The van der Waals surface area contributed by atoms with Crippen LogP contribution in [0.1, 0.15) is 26.2 Å². The average Bonchev–Trinajstić information content (AvgIpc) is 2.95. The number of carbonyl (C=O) groups excluding carboxylic acids is 1. The molecule has 5 heteroatoms. The zero-order valence-corrected chi connectivity index (χ0v) is 13.5. The lowest BCUT2D eigenvalue weighted by molar-refractivity contribution is -0.114. The van der Waals surface area contributed by atoms with E-state index in [0.717, 1.165) is 43.1 Å². The van der Waals surface area contributed by atoms with Crippen LogP contribution < -0.4 is 11.1 Å². The molecule has 0 aromatic rings. The number of unbranched alkanes of at least 4 members (excludes halogenated alkanes) is 2. The first-order valence-corrected chi connectivity index (χ1v) is 8.22. The Kier molecular flexibility index (Phi) is 8.78. The average molecular weight is 307 g/mol. The summed E-state index contributed by atoms with van der Waals surface area (Å²) >= 11 is 1.53. The van der Waals surface area contributed by atoms with Crippen molar-refractivity contribution in [2.75, 3.05) is 19.6 Å². The number of nitrogens with zero attached hydrogens (tertiary/aromatic N) is 1. The highest BCUT2D eigenvalue weighted by atomic mass is 32.2. The van der Waals surface area contributed by atoms with Crippen LogP contribution in [-0.4, -0.2) is 35.8 Å². The van der Waals surface area contributed by atoms with E-state index in [2.05, 4.69) is 16.9 Å². The minimum absolute atomic E-state index is 0.0927. The predicted octanol–water partition coefficient (Wildman–Crippen LogP) is 2.43. The van der Waals surface area contributed by atoms with E-state index in [1.807, 2.05) is 25.2 Å². The fourth-order valence-electron chi connectivity index (χ4n) is 1.87. The summed E-state index contributed by atoms with van der Waals surface area (Å²) in [6.45, 7) is 7.64. The van der Waals surface area contributed by atoms with E-state index in [0.29, 0.717) is 6.54 Å². The number of carbonyl (C=O) groups is 1. The molecule has 0 radical (unpaired) electrons. The van der Waals surface area contributed by atoms with Gasteiger partial charge in [-0.2, -0.15) is 0 Å². The summed E-state index contributed by atoms with van der Waals surface area (Å²) in [5.74, 6) is 0.150. The molecule has 21 heavy (non-hydrogen) atoms. The van der Waals surface area contributed by atoms with E-state index in [1.54, 1.807) is 6.08 Å². The van der Waals surface area contributed by atoms with Crippen LogP contribution in [0, 0.1) is 0 Å². The largest absolute Gasteiger partial charge is 0.365 e. The van der Waals surface area contributed by atoms with Crippen LogP contribution >= 0.6 is 11.8 Å². The van der Waals surface area contributed by atoms with Crippen LogP contribution in [0.3, 0.4) is 0 Å². The van der Waals surface area contributed by atoms with Crippen molar-refractivity contribution in [1.82, 2.24) is 5.32 Å². The molecule has 0 saturated heterocycles. The molecule has 116 valence electrons. The molecule has 4 nitrogen and oxygen atoms in total. The first-order valence-electron chi connectivity index (χ1n) is 7.34. The van der Waals surface area contributed by atoms with Crippen molar-refractivity contribution in [3.63, 3.8) is 0 Å². The fourth-order valence-corrected chi connectivity index (χ4v) is 2.91. The molecular formula is C16H25N3OS. The molecule has 0 amide bonds. The van der Waals surface area contributed by atoms with E-state index in [9.17, 15) is 4.79 Å². The second-order valence-corrected chi connectivity index (χ2v) is 6.05. The monoisotopic (exact) mass is 307 g/mol. The van der Waals surface area contributed by atoms with Gasteiger partial charge < -0.3 is 11.1 Å². The molecule has 3 N–H and O–H groups in total. The quantitative estimate of drug-likeness (QED) is 0.390. The molecular weight excluding hydrogens is 282 g/mol. The molecule has 0 fully saturated rings. The number of Topliss-reactive ketones (excluding diaryl/α,β-unsaturated/α-hetero) is 1. The number of thioether (sulfide) groups is 1. The Bertz CT molecular complexity index is 441. The van der Waals surface area contributed by atoms with Crippen molar-refractivity contribution in [2.24, 2.45) is 10.7 Å². The Morgan fingerprint density at radius 1 is 1.48 bits per heavy atom. The van der Waals surface area contributed by atoms with E-state index >= 15 is 0 Å². The second kappa shape index (κ2) is 10.4. The highest BCUT2D eigenvalue weighted by molar-refractivity contribution is 8.15.